The Bertz CT molecular complexity index is 148. The summed E-state index contributed by atoms with van der Waals surface area (Å²) in [6, 6.07) is 0. The molecule has 0 heterocycles. The van der Waals surface area contributed by atoms with Crippen LogP contribution in [-0.4, -0.2) is 5.71 Å². The highest BCUT2D eigenvalue weighted by atomic mass is 14.7. The van der Waals surface area contributed by atoms with Crippen molar-refractivity contribution in [2.24, 2.45) is 4.99 Å². The van der Waals surface area contributed by atoms with Crippen LogP contribution in [0.15, 0.2) is 29.4 Å². The third-order valence-corrected chi connectivity index (χ3v) is 0.792. The first-order chi connectivity index (χ1) is 5.16. The second-order valence-corrected chi connectivity index (χ2v) is 2.17. The molecular formula is C10H19N. The van der Waals surface area contributed by atoms with Crippen LogP contribution in [0.3, 0.4) is 0 Å². The minimum atomic E-state index is 1.00. The van der Waals surface area contributed by atoms with Gasteiger partial charge < -0.3 is 0 Å². The van der Waals surface area contributed by atoms with Gasteiger partial charge in [0.05, 0.1) is 0 Å². The van der Waals surface area contributed by atoms with Crippen LogP contribution in [-0.2, 0) is 0 Å². The van der Waals surface area contributed by atoms with Crippen molar-refractivity contribution in [2.45, 2.75) is 34.6 Å². The average molecular weight is 153 g/mol. The molecule has 0 aliphatic rings. The Labute approximate surface area is 70.5 Å². The molecule has 0 fully saturated rings. The predicted molar refractivity (Wildman–Crippen MR) is 54.1 cm³/mol. The molecule has 0 aliphatic heterocycles. The molecule has 0 unspecified atom stereocenters. The van der Waals surface area contributed by atoms with Crippen molar-refractivity contribution in [2.75, 3.05) is 0 Å². The first-order valence-electron chi connectivity index (χ1n) is 3.97. The van der Waals surface area contributed by atoms with Crippen molar-refractivity contribution in [3.63, 3.8) is 0 Å². The lowest BCUT2D eigenvalue weighted by molar-refractivity contribution is 1.39. The molecule has 0 amide bonds. The summed E-state index contributed by atoms with van der Waals surface area (Å²) < 4.78 is 0. The van der Waals surface area contributed by atoms with Gasteiger partial charge in [-0.3, -0.25) is 4.99 Å². The van der Waals surface area contributed by atoms with E-state index in [1.165, 1.54) is 5.57 Å². The van der Waals surface area contributed by atoms with E-state index in [0.29, 0.717) is 0 Å². The van der Waals surface area contributed by atoms with Crippen molar-refractivity contribution in [1.29, 1.82) is 0 Å². The molecule has 0 saturated heterocycles. The van der Waals surface area contributed by atoms with Crippen LogP contribution in [0.2, 0.25) is 0 Å². The van der Waals surface area contributed by atoms with Gasteiger partial charge in [0, 0.05) is 11.9 Å². The molecule has 0 N–H and O–H groups in total. The molecule has 0 aromatic heterocycles. The average Bonchev–Trinajstić information content (AvgIpc) is 1.91. The second kappa shape index (κ2) is 9.15. The van der Waals surface area contributed by atoms with Gasteiger partial charge in [0.25, 0.3) is 0 Å². The SMILES string of the molecule is C=CN=C(C)C=C(C)C.CC. The van der Waals surface area contributed by atoms with Crippen LogP contribution in [0, 0.1) is 0 Å². The van der Waals surface area contributed by atoms with Crippen LogP contribution in [0.1, 0.15) is 34.6 Å². The minimum Gasteiger partial charge on any atom is -0.262 e. The number of aliphatic imine (C=N–C) groups is 1. The van der Waals surface area contributed by atoms with Gasteiger partial charge in [0.1, 0.15) is 0 Å². The van der Waals surface area contributed by atoms with Crippen molar-refractivity contribution in [3.8, 4) is 0 Å². The first kappa shape index (κ1) is 12.8. The summed E-state index contributed by atoms with van der Waals surface area (Å²) >= 11 is 0. The third-order valence-electron chi connectivity index (χ3n) is 0.792. The van der Waals surface area contributed by atoms with E-state index in [2.05, 4.69) is 11.6 Å². The zero-order valence-electron chi connectivity index (χ0n) is 8.31. The molecule has 0 atom stereocenters. The maximum atomic E-state index is 3.97. The Morgan fingerprint density at radius 1 is 1.18 bits per heavy atom. The molecule has 0 saturated carbocycles. The van der Waals surface area contributed by atoms with Gasteiger partial charge in [0.15, 0.2) is 0 Å². The van der Waals surface area contributed by atoms with Gasteiger partial charge in [0.2, 0.25) is 0 Å². The molecule has 0 rings (SSSR count). The van der Waals surface area contributed by atoms with E-state index in [1.54, 1.807) is 6.20 Å². The molecule has 0 aliphatic carbocycles. The quantitative estimate of drug-likeness (QED) is 0.538. The van der Waals surface area contributed by atoms with Gasteiger partial charge in [-0.25, -0.2) is 0 Å². The molecule has 64 valence electrons. The van der Waals surface area contributed by atoms with Gasteiger partial charge in [-0.05, 0) is 26.8 Å². The molecule has 1 heteroatoms. The first-order valence-corrected chi connectivity index (χ1v) is 3.97. The normalized spacial score (nSPS) is 9.36. The largest absolute Gasteiger partial charge is 0.262 e. The van der Waals surface area contributed by atoms with E-state index < -0.39 is 0 Å². The number of hydrogen-bond acceptors (Lipinski definition) is 1. The van der Waals surface area contributed by atoms with Crippen molar-refractivity contribution < 1.29 is 0 Å². The van der Waals surface area contributed by atoms with E-state index in [9.17, 15) is 0 Å². The van der Waals surface area contributed by atoms with Crippen molar-refractivity contribution in [3.05, 3.63) is 24.4 Å². The van der Waals surface area contributed by atoms with E-state index in [1.807, 2.05) is 40.7 Å². The van der Waals surface area contributed by atoms with Crippen LogP contribution >= 0.6 is 0 Å². The Morgan fingerprint density at radius 3 is 1.91 bits per heavy atom. The van der Waals surface area contributed by atoms with Crippen LogP contribution < -0.4 is 0 Å². The summed E-state index contributed by atoms with van der Waals surface area (Å²) in [6.07, 6.45) is 3.57. The summed E-state index contributed by atoms with van der Waals surface area (Å²) in [5.41, 5.74) is 2.27. The fraction of sp³-hybridized carbons (Fsp3) is 0.500. The standard InChI is InChI=1S/C8H13N.C2H6/c1-5-9-8(4)6-7(2)3;1-2/h5-6H,1H2,2-4H3;1-2H3. The lowest BCUT2D eigenvalue weighted by Gasteiger charge is -1.88. The number of rotatable bonds is 2. The summed E-state index contributed by atoms with van der Waals surface area (Å²) in [5, 5.41) is 0. The molecule has 1 nitrogen and oxygen atoms in total. The van der Waals surface area contributed by atoms with E-state index >= 15 is 0 Å². The molecule has 0 radical (unpaired) electrons. The van der Waals surface area contributed by atoms with Gasteiger partial charge >= 0.3 is 0 Å². The summed E-state index contributed by atoms with van der Waals surface area (Å²) in [4.78, 5) is 3.97. The van der Waals surface area contributed by atoms with Gasteiger partial charge in [-0.1, -0.05) is 26.0 Å². The number of hydrogen-bond donors (Lipinski definition) is 0. The van der Waals surface area contributed by atoms with E-state index in [0.717, 1.165) is 5.71 Å². The third kappa shape index (κ3) is 12.4. The monoisotopic (exact) mass is 153 g/mol. The fourth-order valence-corrected chi connectivity index (χ4v) is 0.599. The van der Waals surface area contributed by atoms with E-state index in [-0.39, 0.29) is 0 Å². The fourth-order valence-electron chi connectivity index (χ4n) is 0.599. The highest BCUT2D eigenvalue weighted by molar-refractivity contribution is 5.93. The second-order valence-electron chi connectivity index (χ2n) is 2.17. The maximum Gasteiger partial charge on any atom is 0.0371 e. The van der Waals surface area contributed by atoms with E-state index in [4.69, 9.17) is 0 Å². The Balaban J connectivity index is 0. The zero-order chi connectivity index (χ0) is 9.28. The molecule has 0 aromatic carbocycles. The maximum absolute atomic E-state index is 3.97. The van der Waals surface area contributed by atoms with Crippen molar-refractivity contribution >= 4 is 5.71 Å². The Hall–Kier alpha value is -0.850. The number of allylic oxidation sites excluding steroid dienone is 2. The predicted octanol–water partition coefficient (Wildman–Crippen LogP) is 3.58. The highest BCUT2D eigenvalue weighted by Gasteiger charge is 1.80. The molecule has 0 spiro atoms. The van der Waals surface area contributed by atoms with Crippen LogP contribution in [0.25, 0.3) is 0 Å². The highest BCUT2D eigenvalue weighted by Crippen LogP contribution is 1.90. The Kier molecular flexibility index (Phi) is 10.6. The number of nitrogens with zero attached hydrogens (tertiary/aromatic N) is 1. The molecule has 0 aromatic rings. The minimum absolute atomic E-state index is 1.00. The lowest BCUT2D eigenvalue weighted by Crippen LogP contribution is -1.82. The van der Waals surface area contributed by atoms with Gasteiger partial charge in [-0.2, -0.15) is 0 Å². The Morgan fingerprint density at radius 2 is 1.64 bits per heavy atom. The summed E-state index contributed by atoms with van der Waals surface area (Å²) in [6.45, 7) is 13.5. The van der Waals surface area contributed by atoms with Crippen LogP contribution in [0.4, 0.5) is 0 Å². The lowest BCUT2D eigenvalue weighted by atomic mass is 10.2. The summed E-state index contributed by atoms with van der Waals surface area (Å²) in [5.74, 6) is 0. The van der Waals surface area contributed by atoms with Gasteiger partial charge in [-0.15, -0.1) is 0 Å². The molecular weight excluding hydrogens is 134 g/mol. The summed E-state index contributed by atoms with van der Waals surface area (Å²) in [7, 11) is 0. The van der Waals surface area contributed by atoms with Crippen molar-refractivity contribution in [1.82, 2.24) is 0 Å². The molecule has 0 bridgehead atoms. The topological polar surface area (TPSA) is 12.4 Å². The smallest absolute Gasteiger partial charge is 0.0371 e. The zero-order valence-corrected chi connectivity index (χ0v) is 8.31. The molecule has 11 heavy (non-hydrogen) atoms. The van der Waals surface area contributed by atoms with Crippen LogP contribution in [0.5, 0.6) is 0 Å².